The number of anilines is 1. The molecule has 0 unspecified atom stereocenters. The molecule has 3 rings (SSSR count). The molecule has 2 aliphatic heterocycles. The van der Waals surface area contributed by atoms with Gasteiger partial charge in [-0.2, -0.15) is 5.06 Å². The topological polar surface area (TPSA) is 50.6 Å². The molecular formula is C14H22N4O2. The third-order valence-corrected chi connectivity index (χ3v) is 4.15. The predicted octanol–water partition coefficient (Wildman–Crippen LogP) is 1.28. The van der Waals surface area contributed by atoms with Crippen molar-refractivity contribution in [2.75, 3.05) is 31.1 Å². The summed E-state index contributed by atoms with van der Waals surface area (Å²) in [6.45, 7) is 6.22. The van der Waals surface area contributed by atoms with Crippen molar-refractivity contribution >= 4 is 11.9 Å². The molecule has 0 bridgehead atoms. The van der Waals surface area contributed by atoms with Crippen LogP contribution in [0.4, 0.5) is 5.95 Å². The minimum absolute atomic E-state index is 0.213. The fourth-order valence-corrected chi connectivity index (χ4v) is 3.05. The first-order valence-electron chi connectivity index (χ1n) is 7.47. The molecule has 2 aliphatic rings. The standard InChI is InChI=1S/C14H22N4O2/c1-2-20-17-6-3-12(4-7-17)11-13(19)18-10-9-16-8-5-15-14(16)18/h5,8,12H,2-4,6-7,9-11H2,1H3. The minimum atomic E-state index is 0.213. The molecule has 0 radical (unpaired) electrons. The number of amides is 1. The number of rotatable bonds is 4. The van der Waals surface area contributed by atoms with E-state index >= 15 is 0 Å². The summed E-state index contributed by atoms with van der Waals surface area (Å²) in [5, 5.41) is 2.02. The Labute approximate surface area is 119 Å². The van der Waals surface area contributed by atoms with Crippen molar-refractivity contribution in [2.24, 2.45) is 5.92 Å². The van der Waals surface area contributed by atoms with Gasteiger partial charge in [-0.1, -0.05) is 0 Å². The van der Waals surface area contributed by atoms with E-state index in [-0.39, 0.29) is 5.91 Å². The summed E-state index contributed by atoms with van der Waals surface area (Å²) in [4.78, 5) is 24.0. The fraction of sp³-hybridized carbons (Fsp3) is 0.714. The SMILES string of the molecule is CCON1CCC(CC(=O)N2CCn3ccnc32)CC1. The van der Waals surface area contributed by atoms with Crippen LogP contribution in [0.15, 0.2) is 12.4 Å². The molecule has 6 nitrogen and oxygen atoms in total. The molecule has 0 spiro atoms. The Hall–Kier alpha value is -1.40. The third-order valence-electron chi connectivity index (χ3n) is 4.15. The molecule has 1 fully saturated rings. The number of hydroxylamine groups is 2. The summed E-state index contributed by atoms with van der Waals surface area (Å²) >= 11 is 0. The molecule has 1 saturated heterocycles. The summed E-state index contributed by atoms with van der Waals surface area (Å²) in [5.74, 6) is 1.50. The minimum Gasteiger partial charge on any atom is -0.315 e. The maximum atomic E-state index is 12.4. The Kier molecular flexibility index (Phi) is 4.03. The lowest BCUT2D eigenvalue weighted by molar-refractivity contribution is -0.170. The summed E-state index contributed by atoms with van der Waals surface area (Å²) in [7, 11) is 0. The van der Waals surface area contributed by atoms with Gasteiger partial charge in [0.25, 0.3) is 0 Å². The number of nitrogens with zero attached hydrogens (tertiary/aromatic N) is 4. The van der Waals surface area contributed by atoms with Gasteiger partial charge in [0.15, 0.2) is 0 Å². The lowest BCUT2D eigenvalue weighted by Gasteiger charge is -2.31. The van der Waals surface area contributed by atoms with Crippen LogP contribution in [0.1, 0.15) is 26.2 Å². The van der Waals surface area contributed by atoms with Gasteiger partial charge in [-0.05, 0) is 25.7 Å². The van der Waals surface area contributed by atoms with E-state index in [9.17, 15) is 4.79 Å². The second-order valence-electron chi connectivity index (χ2n) is 5.46. The number of piperidine rings is 1. The first-order chi connectivity index (χ1) is 9.78. The number of carbonyl (C=O) groups is 1. The Bertz CT molecular complexity index is 465. The van der Waals surface area contributed by atoms with Crippen LogP contribution in [-0.2, 0) is 16.2 Å². The number of fused-ring (bicyclic) bond motifs is 1. The third kappa shape index (κ3) is 2.71. The van der Waals surface area contributed by atoms with Gasteiger partial charge in [0.1, 0.15) is 0 Å². The van der Waals surface area contributed by atoms with E-state index in [1.807, 2.05) is 27.7 Å². The number of imidazole rings is 1. The van der Waals surface area contributed by atoms with Crippen LogP contribution in [0.2, 0.25) is 0 Å². The molecule has 0 aliphatic carbocycles. The molecule has 3 heterocycles. The summed E-state index contributed by atoms with van der Waals surface area (Å²) in [6, 6.07) is 0. The second-order valence-corrected chi connectivity index (χ2v) is 5.46. The fourth-order valence-electron chi connectivity index (χ4n) is 3.05. The highest BCUT2D eigenvalue weighted by atomic mass is 16.7. The molecule has 0 N–H and O–H groups in total. The summed E-state index contributed by atoms with van der Waals surface area (Å²) in [5.41, 5.74) is 0. The van der Waals surface area contributed by atoms with Gasteiger partial charge in [0.05, 0.1) is 6.61 Å². The van der Waals surface area contributed by atoms with Crippen molar-refractivity contribution in [1.82, 2.24) is 14.6 Å². The normalized spacial score (nSPS) is 20.4. The first kappa shape index (κ1) is 13.6. The van der Waals surface area contributed by atoms with Crippen molar-refractivity contribution in [1.29, 1.82) is 0 Å². The van der Waals surface area contributed by atoms with Crippen LogP contribution in [0.5, 0.6) is 0 Å². The zero-order chi connectivity index (χ0) is 13.9. The van der Waals surface area contributed by atoms with Crippen LogP contribution in [-0.4, -0.2) is 46.8 Å². The van der Waals surface area contributed by atoms with Gasteiger partial charge in [-0.3, -0.25) is 14.5 Å². The summed E-state index contributed by atoms with van der Waals surface area (Å²) < 4.78 is 2.04. The highest BCUT2D eigenvalue weighted by Crippen LogP contribution is 2.25. The molecule has 6 heteroatoms. The largest absolute Gasteiger partial charge is 0.315 e. The van der Waals surface area contributed by atoms with Crippen LogP contribution < -0.4 is 4.90 Å². The first-order valence-corrected chi connectivity index (χ1v) is 7.47. The monoisotopic (exact) mass is 278 g/mol. The molecule has 0 aromatic carbocycles. The average Bonchev–Trinajstić information content (AvgIpc) is 3.03. The molecule has 1 aromatic rings. The maximum Gasteiger partial charge on any atom is 0.229 e. The number of hydrogen-bond donors (Lipinski definition) is 0. The van der Waals surface area contributed by atoms with Crippen molar-refractivity contribution in [3.05, 3.63) is 12.4 Å². The number of hydrogen-bond acceptors (Lipinski definition) is 4. The number of carbonyl (C=O) groups excluding carboxylic acids is 1. The Morgan fingerprint density at radius 1 is 1.35 bits per heavy atom. The lowest BCUT2D eigenvalue weighted by Crippen LogP contribution is -2.37. The highest BCUT2D eigenvalue weighted by molar-refractivity contribution is 5.92. The molecular weight excluding hydrogens is 256 g/mol. The van der Waals surface area contributed by atoms with Crippen LogP contribution in [0, 0.1) is 5.92 Å². The van der Waals surface area contributed by atoms with Gasteiger partial charge < -0.3 is 4.57 Å². The van der Waals surface area contributed by atoms with E-state index in [4.69, 9.17) is 4.84 Å². The Balaban J connectivity index is 1.51. The van der Waals surface area contributed by atoms with E-state index in [2.05, 4.69) is 4.98 Å². The zero-order valence-corrected chi connectivity index (χ0v) is 12.0. The van der Waals surface area contributed by atoms with Gasteiger partial charge in [-0.25, -0.2) is 4.98 Å². The Morgan fingerprint density at radius 3 is 2.90 bits per heavy atom. The van der Waals surface area contributed by atoms with E-state index in [1.54, 1.807) is 6.20 Å². The zero-order valence-electron chi connectivity index (χ0n) is 12.0. The molecule has 1 aromatic heterocycles. The van der Waals surface area contributed by atoms with Gasteiger partial charge in [0.2, 0.25) is 11.9 Å². The quantitative estimate of drug-likeness (QED) is 0.832. The maximum absolute atomic E-state index is 12.4. The van der Waals surface area contributed by atoms with E-state index in [0.29, 0.717) is 12.3 Å². The van der Waals surface area contributed by atoms with Crippen LogP contribution in [0.25, 0.3) is 0 Å². The van der Waals surface area contributed by atoms with Crippen molar-refractivity contribution < 1.29 is 9.63 Å². The van der Waals surface area contributed by atoms with Gasteiger partial charge in [0, 0.05) is 45.0 Å². The smallest absolute Gasteiger partial charge is 0.229 e. The Morgan fingerprint density at radius 2 is 2.15 bits per heavy atom. The van der Waals surface area contributed by atoms with Gasteiger partial charge in [-0.15, -0.1) is 0 Å². The van der Waals surface area contributed by atoms with E-state index in [1.165, 1.54) is 0 Å². The van der Waals surface area contributed by atoms with E-state index in [0.717, 1.165) is 51.6 Å². The lowest BCUT2D eigenvalue weighted by atomic mass is 9.94. The van der Waals surface area contributed by atoms with Crippen LogP contribution >= 0.6 is 0 Å². The highest BCUT2D eigenvalue weighted by Gasteiger charge is 2.29. The molecule has 0 saturated carbocycles. The predicted molar refractivity (Wildman–Crippen MR) is 75.1 cm³/mol. The molecule has 0 atom stereocenters. The molecule has 20 heavy (non-hydrogen) atoms. The van der Waals surface area contributed by atoms with Gasteiger partial charge >= 0.3 is 0 Å². The van der Waals surface area contributed by atoms with E-state index < -0.39 is 0 Å². The van der Waals surface area contributed by atoms with Crippen LogP contribution in [0.3, 0.4) is 0 Å². The van der Waals surface area contributed by atoms with Crippen molar-refractivity contribution in [3.8, 4) is 0 Å². The summed E-state index contributed by atoms with van der Waals surface area (Å²) in [6.07, 6.45) is 6.40. The average molecular weight is 278 g/mol. The van der Waals surface area contributed by atoms with Crippen molar-refractivity contribution in [3.63, 3.8) is 0 Å². The van der Waals surface area contributed by atoms with Crippen molar-refractivity contribution in [2.45, 2.75) is 32.7 Å². The second kappa shape index (κ2) is 5.93. The molecule has 1 amide bonds. The molecule has 110 valence electrons. The number of aromatic nitrogens is 2.